The zero-order valence-electron chi connectivity index (χ0n) is 10.3. The molecule has 2 aromatic rings. The number of pyridine rings is 1. The van der Waals surface area contributed by atoms with Crippen LogP contribution >= 0.6 is 0 Å². The SMILES string of the molecule is CCCCS(=O)(=O)NCc1cnn2ccccc12. The summed E-state index contributed by atoms with van der Waals surface area (Å²) in [6, 6.07) is 5.71. The Morgan fingerprint density at radius 3 is 3.00 bits per heavy atom. The number of nitrogens with one attached hydrogen (secondary N) is 1. The molecular weight excluding hydrogens is 250 g/mol. The number of aromatic nitrogens is 2. The summed E-state index contributed by atoms with van der Waals surface area (Å²) in [7, 11) is -3.18. The van der Waals surface area contributed by atoms with Crippen molar-refractivity contribution >= 4 is 15.5 Å². The van der Waals surface area contributed by atoms with Gasteiger partial charge in [-0.1, -0.05) is 19.4 Å². The van der Waals surface area contributed by atoms with E-state index in [1.165, 1.54) is 0 Å². The molecule has 2 heterocycles. The summed E-state index contributed by atoms with van der Waals surface area (Å²) in [6.07, 6.45) is 5.09. The van der Waals surface area contributed by atoms with Crippen LogP contribution in [0.3, 0.4) is 0 Å². The van der Waals surface area contributed by atoms with E-state index in [2.05, 4.69) is 9.82 Å². The van der Waals surface area contributed by atoms with Gasteiger partial charge >= 0.3 is 0 Å². The van der Waals surface area contributed by atoms with Crippen LogP contribution in [-0.2, 0) is 16.6 Å². The van der Waals surface area contributed by atoms with Gasteiger partial charge in [-0.3, -0.25) is 0 Å². The number of unbranched alkanes of at least 4 members (excludes halogenated alkanes) is 1. The molecule has 0 bridgehead atoms. The van der Waals surface area contributed by atoms with E-state index in [0.717, 1.165) is 17.5 Å². The molecule has 0 aliphatic heterocycles. The van der Waals surface area contributed by atoms with E-state index in [-0.39, 0.29) is 5.75 Å². The van der Waals surface area contributed by atoms with E-state index < -0.39 is 10.0 Å². The van der Waals surface area contributed by atoms with Crippen LogP contribution in [-0.4, -0.2) is 23.8 Å². The molecule has 0 atom stereocenters. The van der Waals surface area contributed by atoms with Crippen LogP contribution in [0.4, 0.5) is 0 Å². The molecule has 0 radical (unpaired) electrons. The minimum Gasteiger partial charge on any atom is -0.241 e. The first-order chi connectivity index (χ1) is 8.62. The molecule has 0 aromatic carbocycles. The van der Waals surface area contributed by atoms with Gasteiger partial charge in [0.05, 0.1) is 17.5 Å². The molecule has 18 heavy (non-hydrogen) atoms. The summed E-state index contributed by atoms with van der Waals surface area (Å²) in [4.78, 5) is 0. The van der Waals surface area contributed by atoms with Gasteiger partial charge in [0.15, 0.2) is 0 Å². The maximum atomic E-state index is 11.7. The monoisotopic (exact) mass is 267 g/mol. The molecule has 0 spiro atoms. The minimum absolute atomic E-state index is 0.183. The van der Waals surface area contributed by atoms with Crippen LogP contribution in [0.15, 0.2) is 30.6 Å². The van der Waals surface area contributed by atoms with Gasteiger partial charge in [-0.15, -0.1) is 0 Å². The molecule has 2 rings (SSSR count). The molecule has 0 saturated carbocycles. The van der Waals surface area contributed by atoms with E-state index in [9.17, 15) is 8.42 Å². The van der Waals surface area contributed by atoms with Crippen molar-refractivity contribution in [3.63, 3.8) is 0 Å². The summed E-state index contributed by atoms with van der Waals surface area (Å²) >= 11 is 0. The lowest BCUT2D eigenvalue weighted by Gasteiger charge is -2.04. The highest BCUT2D eigenvalue weighted by atomic mass is 32.2. The lowest BCUT2D eigenvalue weighted by molar-refractivity contribution is 0.578. The molecule has 6 heteroatoms. The second kappa shape index (κ2) is 5.49. The maximum Gasteiger partial charge on any atom is 0.211 e. The summed E-state index contributed by atoms with van der Waals surface area (Å²) in [5.41, 5.74) is 1.81. The summed E-state index contributed by atoms with van der Waals surface area (Å²) in [5, 5.41) is 4.16. The third-order valence-corrected chi connectivity index (χ3v) is 4.17. The highest BCUT2D eigenvalue weighted by Crippen LogP contribution is 2.09. The maximum absolute atomic E-state index is 11.7. The van der Waals surface area contributed by atoms with E-state index in [0.29, 0.717) is 13.0 Å². The minimum atomic E-state index is -3.18. The molecule has 0 amide bonds. The number of hydrogen-bond acceptors (Lipinski definition) is 3. The van der Waals surface area contributed by atoms with Crippen molar-refractivity contribution in [1.82, 2.24) is 14.3 Å². The van der Waals surface area contributed by atoms with Gasteiger partial charge in [-0.2, -0.15) is 5.10 Å². The van der Waals surface area contributed by atoms with Crippen molar-refractivity contribution in [2.45, 2.75) is 26.3 Å². The van der Waals surface area contributed by atoms with Gasteiger partial charge < -0.3 is 0 Å². The third kappa shape index (κ3) is 3.08. The van der Waals surface area contributed by atoms with Gasteiger partial charge in [-0.25, -0.2) is 17.7 Å². The first-order valence-corrected chi connectivity index (χ1v) is 7.66. The summed E-state index contributed by atoms with van der Waals surface area (Å²) < 4.78 is 27.7. The van der Waals surface area contributed by atoms with Gasteiger partial charge in [0.25, 0.3) is 0 Å². The number of fused-ring (bicyclic) bond motifs is 1. The van der Waals surface area contributed by atoms with Crippen LogP contribution in [0.25, 0.3) is 5.52 Å². The molecule has 0 unspecified atom stereocenters. The molecule has 0 aliphatic rings. The van der Waals surface area contributed by atoms with Gasteiger partial charge in [0.2, 0.25) is 10.0 Å². The Morgan fingerprint density at radius 1 is 1.39 bits per heavy atom. The molecule has 98 valence electrons. The predicted octanol–water partition coefficient (Wildman–Crippen LogP) is 1.55. The largest absolute Gasteiger partial charge is 0.241 e. The Bertz CT molecular complexity index is 619. The second-order valence-corrected chi connectivity index (χ2v) is 6.12. The highest BCUT2D eigenvalue weighted by Gasteiger charge is 2.10. The molecule has 0 fully saturated rings. The molecule has 0 saturated heterocycles. The predicted molar refractivity (Wildman–Crippen MR) is 70.7 cm³/mol. The van der Waals surface area contributed by atoms with Crippen molar-refractivity contribution in [2.24, 2.45) is 0 Å². The Kier molecular flexibility index (Phi) is 3.98. The summed E-state index contributed by atoms with van der Waals surface area (Å²) in [5.74, 6) is 0.183. The first kappa shape index (κ1) is 13.0. The standard InChI is InChI=1S/C12H17N3O2S/c1-2-3-8-18(16,17)14-10-11-9-13-15-7-5-4-6-12(11)15/h4-7,9,14H,2-3,8,10H2,1H3. The molecule has 2 aromatic heterocycles. The van der Waals surface area contributed by atoms with E-state index in [4.69, 9.17) is 0 Å². The van der Waals surface area contributed by atoms with Gasteiger partial charge in [0, 0.05) is 18.3 Å². The fourth-order valence-electron chi connectivity index (χ4n) is 1.72. The average Bonchev–Trinajstić information content (AvgIpc) is 2.78. The van der Waals surface area contributed by atoms with Crippen molar-refractivity contribution in [3.05, 3.63) is 36.2 Å². The molecule has 0 aliphatic carbocycles. The number of rotatable bonds is 6. The Labute approximate surface area is 107 Å². The Morgan fingerprint density at radius 2 is 2.22 bits per heavy atom. The van der Waals surface area contributed by atoms with Crippen molar-refractivity contribution in [3.8, 4) is 0 Å². The zero-order valence-corrected chi connectivity index (χ0v) is 11.2. The third-order valence-electron chi connectivity index (χ3n) is 2.76. The smallest absolute Gasteiger partial charge is 0.211 e. The van der Waals surface area contributed by atoms with Gasteiger partial charge in [0.1, 0.15) is 0 Å². The highest BCUT2D eigenvalue weighted by molar-refractivity contribution is 7.89. The van der Waals surface area contributed by atoms with Crippen LogP contribution in [0.2, 0.25) is 0 Å². The van der Waals surface area contributed by atoms with Crippen LogP contribution in [0, 0.1) is 0 Å². The van der Waals surface area contributed by atoms with E-state index in [1.807, 2.05) is 31.3 Å². The van der Waals surface area contributed by atoms with Crippen molar-refractivity contribution < 1.29 is 8.42 Å². The van der Waals surface area contributed by atoms with Crippen LogP contribution in [0.5, 0.6) is 0 Å². The normalized spacial score (nSPS) is 12.1. The molecular formula is C12H17N3O2S. The molecule has 1 N–H and O–H groups in total. The van der Waals surface area contributed by atoms with E-state index >= 15 is 0 Å². The quantitative estimate of drug-likeness (QED) is 0.863. The fraction of sp³-hybridized carbons (Fsp3) is 0.417. The Balaban J connectivity index is 2.06. The number of sulfonamides is 1. The van der Waals surface area contributed by atoms with Crippen LogP contribution < -0.4 is 4.72 Å². The van der Waals surface area contributed by atoms with Gasteiger partial charge in [-0.05, 0) is 18.6 Å². The van der Waals surface area contributed by atoms with Crippen molar-refractivity contribution in [1.29, 1.82) is 0 Å². The lowest BCUT2D eigenvalue weighted by atomic mass is 10.3. The lowest BCUT2D eigenvalue weighted by Crippen LogP contribution is -2.25. The Hall–Kier alpha value is -1.40. The number of hydrogen-bond donors (Lipinski definition) is 1. The fourth-order valence-corrected chi connectivity index (χ4v) is 2.91. The zero-order chi connectivity index (χ0) is 13.0. The van der Waals surface area contributed by atoms with E-state index in [1.54, 1.807) is 10.7 Å². The summed E-state index contributed by atoms with van der Waals surface area (Å²) in [6.45, 7) is 2.26. The average molecular weight is 267 g/mol. The van der Waals surface area contributed by atoms with Crippen molar-refractivity contribution in [2.75, 3.05) is 5.75 Å². The molecule has 5 nitrogen and oxygen atoms in total. The first-order valence-electron chi connectivity index (χ1n) is 6.01. The van der Waals surface area contributed by atoms with Crippen LogP contribution in [0.1, 0.15) is 25.3 Å². The number of nitrogens with zero attached hydrogens (tertiary/aromatic N) is 2. The topological polar surface area (TPSA) is 63.5 Å². The second-order valence-electron chi connectivity index (χ2n) is 4.19.